The first-order valence-corrected chi connectivity index (χ1v) is 9.06. The Balaban J connectivity index is 1.55. The molecule has 0 saturated heterocycles. The molecule has 0 saturated carbocycles. The topological polar surface area (TPSA) is 58.5 Å². The lowest BCUT2D eigenvalue weighted by Crippen LogP contribution is -2.17. The Labute approximate surface area is 158 Å². The number of fused-ring (bicyclic) bond motifs is 1. The van der Waals surface area contributed by atoms with Crippen LogP contribution in [0.1, 0.15) is 28.1 Å². The summed E-state index contributed by atoms with van der Waals surface area (Å²) in [7, 11) is 0. The fraction of sp³-hybridized carbons (Fsp3) is 0.182. The van der Waals surface area contributed by atoms with E-state index in [-0.39, 0.29) is 0 Å². The van der Waals surface area contributed by atoms with Gasteiger partial charge in [0.2, 0.25) is 0 Å². The van der Waals surface area contributed by atoms with E-state index in [2.05, 4.69) is 53.9 Å². The maximum Gasteiger partial charge on any atom is 0.137 e. The van der Waals surface area contributed by atoms with Crippen LogP contribution in [-0.4, -0.2) is 19.7 Å². The molecular weight excluding hydrogens is 334 g/mol. The van der Waals surface area contributed by atoms with Crippen molar-refractivity contribution in [2.45, 2.75) is 26.8 Å². The number of hydrogen-bond acceptors (Lipinski definition) is 3. The van der Waals surface area contributed by atoms with Gasteiger partial charge in [-0.25, -0.2) is 9.67 Å². The first-order chi connectivity index (χ1) is 13.1. The molecule has 0 atom stereocenters. The highest BCUT2D eigenvalue weighted by atomic mass is 15.3. The zero-order valence-electron chi connectivity index (χ0n) is 15.7. The van der Waals surface area contributed by atoms with Crippen LogP contribution in [0, 0.1) is 13.8 Å². The predicted octanol–water partition coefficient (Wildman–Crippen LogP) is 4.19. The smallest absolute Gasteiger partial charge is 0.137 e. The minimum atomic E-state index is 0.724. The van der Waals surface area contributed by atoms with E-state index in [0.717, 1.165) is 41.2 Å². The van der Waals surface area contributed by atoms with Crippen molar-refractivity contribution in [3.05, 3.63) is 89.5 Å². The number of nitrogens with one attached hydrogen (secondary N) is 2. The molecule has 0 fully saturated rings. The molecule has 0 aliphatic rings. The van der Waals surface area contributed by atoms with Crippen LogP contribution in [-0.2, 0) is 13.0 Å². The van der Waals surface area contributed by atoms with E-state index in [9.17, 15) is 0 Å². The quantitative estimate of drug-likeness (QED) is 0.544. The van der Waals surface area contributed by atoms with Gasteiger partial charge in [0.05, 0.1) is 5.69 Å². The molecule has 0 aliphatic carbocycles. The summed E-state index contributed by atoms with van der Waals surface area (Å²) < 4.78 is 1.90. The van der Waals surface area contributed by atoms with Crippen LogP contribution in [0.15, 0.2) is 61.4 Å². The maximum absolute atomic E-state index is 4.71. The minimum Gasteiger partial charge on any atom is -0.366 e. The van der Waals surface area contributed by atoms with Crippen LogP contribution in [0.4, 0.5) is 0 Å². The van der Waals surface area contributed by atoms with Crippen LogP contribution in [0.3, 0.4) is 0 Å². The summed E-state index contributed by atoms with van der Waals surface area (Å²) in [5, 5.41) is 9.24. The molecule has 5 heteroatoms. The summed E-state index contributed by atoms with van der Waals surface area (Å²) >= 11 is 0. The van der Waals surface area contributed by atoms with E-state index >= 15 is 0 Å². The largest absolute Gasteiger partial charge is 0.366 e. The Morgan fingerprint density at radius 1 is 1.15 bits per heavy atom. The molecule has 1 aromatic carbocycles. The molecule has 0 spiro atoms. The van der Waals surface area contributed by atoms with E-state index in [1.165, 1.54) is 16.7 Å². The summed E-state index contributed by atoms with van der Waals surface area (Å²) in [6.45, 7) is 9.05. The first-order valence-electron chi connectivity index (χ1n) is 9.06. The zero-order chi connectivity index (χ0) is 18.8. The standard InChI is InChI=1S/C22H23N5/c1-15-21(12-19-14-25-22-20(19)10-7-11-23-22)16(2)27(26-15)17(3)24-13-18-8-5-4-6-9-18/h4-11,14,24H,3,12-13H2,1-2H3,(H,23,25). The minimum absolute atomic E-state index is 0.724. The Kier molecular flexibility index (Phi) is 4.50. The highest BCUT2D eigenvalue weighted by Gasteiger charge is 2.15. The van der Waals surface area contributed by atoms with Gasteiger partial charge in [0.15, 0.2) is 0 Å². The van der Waals surface area contributed by atoms with Gasteiger partial charge in [-0.05, 0) is 37.1 Å². The van der Waals surface area contributed by atoms with Gasteiger partial charge in [-0.2, -0.15) is 5.10 Å². The van der Waals surface area contributed by atoms with Crippen molar-refractivity contribution < 1.29 is 0 Å². The molecule has 3 aromatic heterocycles. The van der Waals surface area contributed by atoms with E-state index < -0.39 is 0 Å². The lowest BCUT2D eigenvalue weighted by Gasteiger charge is -2.11. The Hall–Kier alpha value is -3.34. The Morgan fingerprint density at radius 2 is 1.96 bits per heavy atom. The third-order valence-corrected chi connectivity index (χ3v) is 4.94. The summed E-state index contributed by atoms with van der Waals surface area (Å²) in [6, 6.07) is 14.4. The third-order valence-electron chi connectivity index (χ3n) is 4.94. The Bertz CT molecular complexity index is 1090. The second-order valence-corrected chi connectivity index (χ2v) is 6.74. The molecular formula is C22H23N5. The average Bonchev–Trinajstić information content (AvgIpc) is 3.23. The monoisotopic (exact) mass is 357 g/mol. The van der Waals surface area contributed by atoms with Gasteiger partial charge < -0.3 is 10.3 Å². The molecule has 0 bridgehead atoms. The van der Waals surface area contributed by atoms with Gasteiger partial charge in [0, 0.05) is 42.0 Å². The number of aromatic nitrogens is 4. The molecule has 5 nitrogen and oxygen atoms in total. The van der Waals surface area contributed by atoms with Crippen molar-refractivity contribution in [3.8, 4) is 0 Å². The van der Waals surface area contributed by atoms with Crippen molar-refractivity contribution in [1.82, 2.24) is 25.1 Å². The van der Waals surface area contributed by atoms with Crippen molar-refractivity contribution in [3.63, 3.8) is 0 Å². The number of hydrogen-bond donors (Lipinski definition) is 2. The zero-order valence-corrected chi connectivity index (χ0v) is 15.7. The third kappa shape index (κ3) is 3.36. The van der Waals surface area contributed by atoms with Gasteiger partial charge in [0.25, 0.3) is 0 Å². The number of nitrogens with zero attached hydrogens (tertiary/aromatic N) is 3. The summed E-state index contributed by atoms with van der Waals surface area (Å²) in [5.41, 5.74) is 6.72. The molecule has 0 radical (unpaired) electrons. The molecule has 136 valence electrons. The molecule has 4 aromatic rings. The second-order valence-electron chi connectivity index (χ2n) is 6.74. The number of benzene rings is 1. The fourth-order valence-corrected chi connectivity index (χ4v) is 3.42. The molecule has 0 unspecified atom stereocenters. The van der Waals surface area contributed by atoms with Crippen molar-refractivity contribution in [2.24, 2.45) is 0 Å². The fourth-order valence-electron chi connectivity index (χ4n) is 3.42. The van der Waals surface area contributed by atoms with E-state index in [0.29, 0.717) is 0 Å². The van der Waals surface area contributed by atoms with Crippen LogP contribution in [0.2, 0.25) is 0 Å². The normalized spacial score (nSPS) is 11.0. The number of aromatic amines is 1. The predicted molar refractivity (Wildman–Crippen MR) is 109 cm³/mol. The SMILES string of the molecule is C=C(NCc1ccccc1)n1nc(C)c(Cc2c[nH]c3ncccc23)c1C. The second kappa shape index (κ2) is 7.11. The molecule has 2 N–H and O–H groups in total. The molecule has 27 heavy (non-hydrogen) atoms. The molecule has 4 rings (SSSR count). The molecule has 0 amide bonds. The van der Waals surface area contributed by atoms with Crippen LogP contribution in [0.5, 0.6) is 0 Å². The van der Waals surface area contributed by atoms with Crippen molar-refractivity contribution in [2.75, 3.05) is 0 Å². The van der Waals surface area contributed by atoms with Crippen molar-refractivity contribution >= 4 is 16.9 Å². The number of rotatable bonds is 6. The number of H-pyrrole nitrogens is 1. The molecule has 0 aliphatic heterocycles. The van der Waals surface area contributed by atoms with Crippen molar-refractivity contribution in [1.29, 1.82) is 0 Å². The van der Waals surface area contributed by atoms with E-state index in [1.54, 1.807) is 6.20 Å². The van der Waals surface area contributed by atoms with Gasteiger partial charge >= 0.3 is 0 Å². The maximum atomic E-state index is 4.71. The number of aryl methyl sites for hydroxylation is 1. The van der Waals surface area contributed by atoms with Gasteiger partial charge in [-0.3, -0.25) is 0 Å². The number of pyridine rings is 1. The van der Waals surface area contributed by atoms with Crippen LogP contribution >= 0.6 is 0 Å². The molecule has 3 heterocycles. The summed E-state index contributed by atoms with van der Waals surface area (Å²) in [6.07, 6.45) is 4.66. The highest BCUT2D eigenvalue weighted by Crippen LogP contribution is 2.24. The first kappa shape index (κ1) is 17.1. The highest BCUT2D eigenvalue weighted by molar-refractivity contribution is 5.79. The summed E-state index contributed by atoms with van der Waals surface area (Å²) in [5.74, 6) is 0.784. The van der Waals surface area contributed by atoms with Gasteiger partial charge in [-0.15, -0.1) is 0 Å². The van der Waals surface area contributed by atoms with Crippen LogP contribution in [0.25, 0.3) is 16.9 Å². The Morgan fingerprint density at radius 3 is 2.78 bits per heavy atom. The average molecular weight is 357 g/mol. The van der Waals surface area contributed by atoms with E-state index in [1.807, 2.05) is 35.1 Å². The summed E-state index contributed by atoms with van der Waals surface area (Å²) in [4.78, 5) is 7.62. The lowest BCUT2D eigenvalue weighted by atomic mass is 10.0. The van der Waals surface area contributed by atoms with Gasteiger partial charge in [0.1, 0.15) is 11.5 Å². The van der Waals surface area contributed by atoms with E-state index in [4.69, 9.17) is 5.10 Å². The van der Waals surface area contributed by atoms with Gasteiger partial charge in [-0.1, -0.05) is 36.9 Å². The lowest BCUT2D eigenvalue weighted by molar-refractivity contribution is 0.753. The van der Waals surface area contributed by atoms with Crippen LogP contribution < -0.4 is 5.32 Å².